The number of hydrogen-bond acceptors (Lipinski definition) is 1. The maximum absolute atomic E-state index is 5.77. The molecule has 0 fully saturated rings. The fourth-order valence-corrected chi connectivity index (χ4v) is 1.96. The first-order valence-corrected chi connectivity index (χ1v) is 5.75. The van der Waals surface area contributed by atoms with E-state index in [0.29, 0.717) is 0 Å². The molecule has 1 aromatic rings. The lowest BCUT2D eigenvalue weighted by Gasteiger charge is -1.98. The lowest BCUT2D eigenvalue weighted by atomic mass is 10.3. The number of allylic oxidation sites excluding steroid dienone is 1. The molecule has 4 heteroatoms. The summed E-state index contributed by atoms with van der Waals surface area (Å²) in [5.41, 5.74) is 0.885. The highest BCUT2D eigenvalue weighted by Gasteiger charge is 1.98. The molecule has 70 valence electrons. The minimum Gasteiger partial charge on any atom is -0.255 e. The molecule has 0 saturated heterocycles. The summed E-state index contributed by atoms with van der Waals surface area (Å²) in [6.45, 7) is 1.91. The highest BCUT2D eigenvalue weighted by atomic mass is 79.9. The molecule has 1 atom stereocenters. The van der Waals surface area contributed by atoms with Crippen molar-refractivity contribution in [3.63, 3.8) is 0 Å². The van der Waals surface area contributed by atoms with Gasteiger partial charge in [0.05, 0.1) is 5.69 Å². The number of aromatic nitrogens is 1. The zero-order valence-electron chi connectivity index (χ0n) is 6.97. The highest BCUT2D eigenvalue weighted by Crippen LogP contribution is 2.20. The summed E-state index contributed by atoms with van der Waals surface area (Å²) in [6, 6.07) is 1.95. The summed E-state index contributed by atoms with van der Waals surface area (Å²) in [4.78, 5) is 4.21. The Morgan fingerprint density at radius 3 is 2.77 bits per heavy atom. The molecule has 1 rings (SSSR count). The predicted molar refractivity (Wildman–Crippen MR) is 64.0 cm³/mol. The topological polar surface area (TPSA) is 12.9 Å². The SMILES string of the molecule is CC(Cl)/C=C/c1ncc(Br)cc1Br. The second-order valence-electron chi connectivity index (χ2n) is 2.56. The van der Waals surface area contributed by atoms with E-state index in [2.05, 4.69) is 36.8 Å². The third-order valence-corrected chi connectivity index (χ3v) is 2.57. The summed E-state index contributed by atoms with van der Waals surface area (Å²) in [5, 5.41) is 0.0253. The standard InChI is InChI=1S/C9H8Br2ClN/c1-6(12)2-3-9-8(11)4-7(10)5-13-9/h2-6H,1H3/b3-2+. The molecule has 0 aliphatic heterocycles. The third-order valence-electron chi connectivity index (χ3n) is 1.36. The second kappa shape index (κ2) is 5.13. The van der Waals surface area contributed by atoms with Crippen LogP contribution >= 0.6 is 43.5 Å². The van der Waals surface area contributed by atoms with Gasteiger partial charge in [0.25, 0.3) is 0 Å². The third kappa shape index (κ3) is 3.79. The monoisotopic (exact) mass is 323 g/mol. The average Bonchev–Trinajstić information content (AvgIpc) is 2.02. The van der Waals surface area contributed by atoms with E-state index in [1.165, 1.54) is 0 Å². The summed E-state index contributed by atoms with van der Waals surface area (Å²) in [6.07, 6.45) is 5.54. The Morgan fingerprint density at radius 1 is 1.54 bits per heavy atom. The first-order chi connectivity index (χ1) is 6.09. The van der Waals surface area contributed by atoms with Gasteiger partial charge in [-0.1, -0.05) is 6.08 Å². The molecule has 0 saturated carbocycles. The average molecular weight is 325 g/mol. The van der Waals surface area contributed by atoms with Crippen molar-refractivity contribution in [3.8, 4) is 0 Å². The number of nitrogens with zero attached hydrogens (tertiary/aromatic N) is 1. The summed E-state index contributed by atoms with van der Waals surface area (Å²) >= 11 is 12.5. The van der Waals surface area contributed by atoms with Crippen LogP contribution in [-0.2, 0) is 0 Å². The second-order valence-corrected chi connectivity index (χ2v) is 5.02. The van der Waals surface area contributed by atoms with Gasteiger partial charge in [0.2, 0.25) is 0 Å². The highest BCUT2D eigenvalue weighted by molar-refractivity contribution is 9.11. The van der Waals surface area contributed by atoms with Crippen LogP contribution in [0.25, 0.3) is 6.08 Å². The van der Waals surface area contributed by atoms with Crippen molar-refractivity contribution in [1.29, 1.82) is 0 Å². The smallest absolute Gasteiger partial charge is 0.0769 e. The molecule has 13 heavy (non-hydrogen) atoms. The van der Waals surface area contributed by atoms with Crippen molar-refractivity contribution in [2.75, 3.05) is 0 Å². The predicted octanol–water partition coefficient (Wildman–Crippen LogP) is 4.25. The van der Waals surface area contributed by atoms with Gasteiger partial charge in [0.1, 0.15) is 0 Å². The van der Waals surface area contributed by atoms with Crippen LogP contribution in [0.1, 0.15) is 12.6 Å². The van der Waals surface area contributed by atoms with Crippen LogP contribution in [0.3, 0.4) is 0 Å². The van der Waals surface area contributed by atoms with Crippen molar-refractivity contribution < 1.29 is 0 Å². The number of halogens is 3. The maximum atomic E-state index is 5.77. The number of rotatable bonds is 2. The van der Waals surface area contributed by atoms with Gasteiger partial charge >= 0.3 is 0 Å². The van der Waals surface area contributed by atoms with E-state index in [9.17, 15) is 0 Å². The summed E-state index contributed by atoms with van der Waals surface area (Å²) < 4.78 is 1.91. The van der Waals surface area contributed by atoms with Crippen molar-refractivity contribution in [2.24, 2.45) is 0 Å². The normalized spacial score (nSPS) is 13.5. The molecule has 0 amide bonds. The number of pyridine rings is 1. The number of alkyl halides is 1. The van der Waals surface area contributed by atoms with Crippen molar-refractivity contribution in [3.05, 3.63) is 33.0 Å². The largest absolute Gasteiger partial charge is 0.255 e. The first kappa shape index (κ1) is 11.2. The van der Waals surface area contributed by atoms with Crippen LogP contribution in [0, 0.1) is 0 Å². The molecule has 0 spiro atoms. The van der Waals surface area contributed by atoms with E-state index in [-0.39, 0.29) is 5.38 Å². The zero-order valence-corrected chi connectivity index (χ0v) is 10.9. The molecule has 1 aromatic heterocycles. The van der Waals surface area contributed by atoms with Gasteiger partial charge in [-0.3, -0.25) is 4.98 Å². The minimum absolute atomic E-state index is 0.0253. The van der Waals surface area contributed by atoms with Crippen molar-refractivity contribution >= 4 is 49.5 Å². The van der Waals surface area contributed by atoms with Crippen molar-refractivity contribution in [1.82, 2.24) is 4.98 Å². The Morgan fingerprint density at radius 2 is 2.23 bits per heavy atom. The Balaban J connectivity index is 2.90. The molecule has 0 bridgehead atoms. The summed E-state index contributed by atoms with van der Waals surface area (Å²) in [5.74, 6) is 0. The molecule has 0 aromatic carbocycles. The molecule has 0 aliphatic carbocycles. The van der Waals surface area contributed by atoms with E-state index in [0.717, 1.165) is 14.6 Å². The van der Waals surface area contributed by atoms with E-state index >= 15 is 0 Å². The van der Waals surface area contributed by atoms with Gasteiger partial charge in [0.15, 0.2) is 0 Å². The van der Waals surface area contributed by atoms with E-state index in [1.807, 2.05) is 25.1 Å². The molecule has 1 unspecified atom stereocenters. The maximum Gasteiger partial charge on any atom is 0.0769 e. The van der Waals surface area contributed by atoms with Gasteiger partial charge in [-0.2, -0.15) is 0 Å². The molecule has 1 heterocycles. The Kier molecular flexibility index (Phi) is 4.42. The molecule has 0 N–H and O–H groups in total. The summed E-state index contributed by atoms with van der Waals surface area (Å²) in [7, 11) is 0. The van der Waals surface area contributed by atoms with Crippen LogP contribution < -0.4 is 0 Å². The van der Waals surface area contributed by atoms with Gasteiger partial charge in [-0.05, 0) is 50.9 Å². The van der Waals surface area contributed by atoms with Gasteiger partial charge in [0, 0.05) is 20.5 Å². The zero-order chi connectivity index (χ0) is 9.84. The van der Waals surface area contributed by atoms with Crippen LogP contribution in [0.4, 0.5) is 0 Å². The number of hydrogen-bond donors (Lipinski definition) is 0. The van der Waals surface area contributed by atoms with Crippen molar-refractivity contribution in [2.45, 2.75) is 12.3 Å². The van der Waals surface area contributed by atoms with E-state index in [4.69, 9.17) is 11.6 Å². The van der Waals surface area contributed by atoms with Gasteiger partial charge < -0.3 is 0 Å². The Bertz CT molecular complexity index is 323. The van der Waals surface area contributed by atoms with Crippen LogP contribution in [0.15, 0.2) is 27.3 Å². The molecular formula is C9H8Br2ClN. The van der Waals surface area contributed by atoms with Crippen LogP contribution in [0.5, 0.6) is 0 Å². The minimum atomic E-state index is 0.0253. The fraction of sp³-hybridized carbons (Fsp3) is 0.222. The quantitative estimate of drug-likeness (QED) is 0.741. The van der Waals surface area contributed by atoms with Crippen LogP contribution in [-0.4, -0.2) is 10.4 Å². The fourth-order valence-electron chi connectivity index (χ4n) is 0.772. The first-order valence-electron chi connectivity index (χ1n) is 3.73. The Hall–Kier alpha value is 0.140. The molecule has 0 aliphatic rings. The van der Waals surface area contributed by atoms with Crippen LogP contribution in [0.2, 0.25) is 0 Å². The lowest BCUT2D eigenvalue weighted by molar-refractivity contribution is 1.22. The lowest BCUT2D eigenvalue weighted by Crippen LogP contribution is -1.85. The Labute approximate surface area is 99.5 Å². The van der Waals surface area contributed by atoms with E-state index in [1.54, 1.807) is 6.20 Å². The molecule has 0 radical (unpaired) electrons. The molecular weight excluding hydrogens is 317 g/mol. The van der Waals surface area contributed by atoms with E-state index < -0.39 is 0 Å². The van der Waals surface area contributed by atoms with Gasteiger partial charge in [-0.15, -0.1) is 11.6 Å². The molecule has 1 nitrogen and oxygen atoms in total. The van der Waals surface area contributed by atoms with Gasteiger partial charge in [-0.25, -0.2) is 0 Å².